The SMILES string of the molecule is CC(C)c1cc(C(O)(C(F)(F)F)C(F)(F)F)cc(C(C)C)c1NCC(N)=O. The standard InChI is InChI=1S/C17H22F6N2O2/c1-8(2)11-5-10(15(27,16(18,19)20)17(21,22)23)6-12(9(3)4)14(11)25-7-13(24)26/h5-6,8-9,25,27H,7H2,1-4H3,(H2,24,26). The van der Waals surface area contributed by atoms with Gasteiger partial charge in [-0.3, -0.25) is 4.79 Å². The first-order valence-electron chi connectivity index (χ1n) is 8.10. The molecule has 0 aromatic heterocycles. The number of anilines is 1. The fourth-order valence-electron chi connectivity index (χ4n) is 2.67. The van der Waals surface area contributed by atoms with Gasteiger partial charge in [0.05, 0.1) is 6.54 Å². The molecule has 0 bridgehead atoms. The normalized spacial score (nSPS) is 13.4. The molecule has 1 aromatic rings. The van der Waals surface area contributed by atoms with Gasteiger partial charge in [0.2, 0.25) is 5.91 Å². The summed E-state index contributed by atoms with van der Waals surface area (Å²) in [7, 11) is 0. The fourth-order valence-corrected chi connectivity index (χ4v) is 2.67. The highest BCUT2D eigenvalue weighted by molar-refractivity contribution is 5.80. The number of alkyl halides is 6. The van der Waals surface area contributed by atoms with E-state index in [2.05, 4.69) is 5.32 Å². The van der Waals surface area contributed by atoms with E-state index < -0.39 is 41.3 Å². The van der Waals surface area contributed by atoms with Crippen molar-refractivity contribution in [2.75, 3.05) is 11.9 Å². The number of nitrogens with one attached hydrogen (secondary N) is 1. The Bertz CT molecular complexity index is 653. The number of rotatable bonds is 6. The number of amides is 1. The first-order valence-corrected chi connectivity index (χ1v) is 8.10. The van der Waals surface area contributed by atoms with Crippen molar-refractivity contribution in [3.63, 3.8) is 0 Å². The maximum atomic E-state index is 13.3. The molecule has 154 valence electrons. The van der Waals surface area contributed by atoms with Gasteiger partial charge in [0.25, 0.3) is 5.60 Å². The average molecular weight is 400 g/mol. The fraction of sp³-hybridized carbons (Fsp3) is 0.588. The van der Waals surface area contributed by atoms with Gasteiger partial charge in [-0.1, -0.05) is 27.7 Å². The van der Waals surface area contributed by atoms with Crippen LogP contribution in [-0.4, -0.2) is 29.9 Å². The molecule has 0 saturated heterocycles. The second kappa shape index (κ2) is 7.57. The summed E-state index contributed by atoms with van der Waals surface area (Å²) < 4.78 is 79.6. The number of carbonyl (C=O) groups is 1. The van der Waals surface area contributed by atoms with Crippen molar-refractivity contribution in [2.24, 2.45) is 5.73 Å². The third-order valence-electron chi connectivity index (χ3n) is 4.12. The predicted octanol–water partition coefficient (Wildman–Crippen LogP) is 4.14. The van der Waals surface area contributed by atoms with Gasteiger partial charge >= 0.3 is 12.4 Å². The lowest BCUT2D eigenvalue weighted by Crippen LogP contribution is -2.54. The van der Waals surface area contributed by atoms with Gasteiger partial charge in [0.15, 0.2) is 0 Å². The molecule has 0 spiro atoms. The van der Waals surface area contributed by atoms with Crippen LogP contribution >= 0.6 is 0 Å². The Labute approximate surface area is 152 Å². The minimum atomic E-state index is -5.98. The average Bonchev–Trinajstić information content (AvgIpc) is 2.48. The highest BCUT2D eigenvalue weighted by Crippen LogP contribution is 2.51. The molecule has 10 heteroatoms. The smallest absolute Gasteiger partial charge is 0.376 e. The number of carbonyl (C=O) groups excluding carboxylic acids is 1. The third kappa shape index (κ3) is 4.48. The summed E-state index contributed by atoms with van der Waals surface area (Å²) in [5, 5.41) is 12.4. The molecule has 0 aliphatic carbocycles. The second-order valence-electron chi connectivity index (χ2n) is 6.86. The molecule has 1 rings (SSSR count). The Morgan fingerprint density at radius 2 is 1.37 bits per heavy atom. The van der Waals surface area contributed by atoms with Crippen LogP contribution in [0.25, 0.3) is 0 Å². The number of halogens is 6. The molecule has 4 nitrogen and oxygen atoms in total. The molecule has 1 amide bonds. The maximum Gasteiger partial charge on any atom is 0.430 e. The number of benzene rings is 1. The van der Waals surface area contributed by atoms with E-state index >= 15 is 0 Å². The van der Waals surface area contributed by atoms with Crippen LogP contribution in [-0.2, 0) is 10.4 Å². The Morgan fingerprint density at radius 1 is 1.00 bits per heavy atom. The molecule has 0 aliphatic rings. The lowest BCUT2D eigenvalue weighted by molar-refractivity contribution is -0.376. The summed E-state index contributed by atoms with van der Waals surface area (Å²) >= 11 is 0. The lowest BCUT2D eigenvalue weighted by atomic mass is 9.83. The summed E-state index contributed by atoms with van der Waals surface area (Å²) in [4.78, 5) is 11.0. The van der Waals surface area contributed by atoms with Crippen LogP contribution in [0.1, 0.15) is 56.2 Å². The first-order chi connectivity index (χ1) is 12.0. The van der Waals surface area contributed by atoms with Crippen LogP contribution in [0.3, 0.4) is 0 Å². The van der Waals surface area contributed by atoms with Gasteiger partial charge in [-0.25, -0.2) is 0 Å². The zero-order valence-corrected chi connectivity index (χ0v) is 15.2. The highest BCUT2D eigenvalue weighted by Gasteiger charge is 2.71. The van der Waals surface area contributed by atoms with Gasteiger partial charge in [-0.05, 0) is 35.1 Å². The van der Waals surface area contributed by atoms with Gasteiger partial charge < -0.3 is 16.2 Å². The molecule has 0 unspecified atom stereocenters. The van der Waals surface area contributed by atoms with Crippen LogP contribution < -0.4 is 11.1 Å². The van der Waals surface area contributed by atoms with E-state index in [1.54, 1.807) is 27.7 Å². The van der Waals surface area contributed by atoms with E-state index in [9.17, 15) is 36.2 Å². The number of nitrogens with two attached hydrogens (primary N) is 1. The zero-order valence-electron chi connectivity index (χ0n) is 15.2. The number of primary amides is 1. The molecule has 0 heterocycles. The van der Waals surface area contributed by atoms with Crippen LogP contribution in [0.5, 0.6) is 0 Å². The summed E-state index contributed by atoms with van der Waals surface area (Å²) in [5.74, 6) is -1.74. The molecule has 0 fully saturated rings. The predicted molar refractivity (Wildman–Crippen MR) is 88.3 cm³/mol. The Kier molecular flexibility index (Phi) is 6.47. The summed E-state index contributed by atoms with van der Waals surface area (Å²) in [5.41, 5.74) is -0.838. The van der Waals surface area contributed by atoms with E-state index in [1.165, 1.54) is 0 Å². The van der Waals surface area contributed by atoms with Crippen molar-refractivity contribution in [3.05, 3.63) is 28.8 Å². The van der Waals surface area contributed by atoms with Crippen molar-refractivity contribution in [1.29, 1.82) is 0 Å². The largest absolute Gasteiger partial charge is 0.430 e. The van der Waals surface area contributed by atoms with E-state index in [1.807, 2.05) is 0 Å². The second-order valence-corrected chi connectivity index (χ2v) is 6.86. The Hall–Kier alpha value is -1.97. The van der Waals surface area contributed by atoms with Gasteiger partial charge in [-0.2, -0.15) is 26.3 Å². The number of hydrogen-bond acceptors (Lipinski definition) is 3. The lowest BCUT2D eigenvalue weighted by Gasteiger charge is -2.34. The quantitative estimate of drug-likeness (QED) is 0.628. The molecular weight excluding hydrogens is 378 g/mol. The molecule has 1 aromatic carbocycles. The molecule has 0 radical (unpaired) electrons. The molecule has 0 saturated carbocycles. The monoisotopic (exact) mass is 400 g/mol. The minimum Gasteiger partial charge on any atom is -0.376 e. The van der Waals surface area contributed by atoms with Gasteiger partial charge in [0, 0.05) is 11.3 Å². The zero-order chi connectivity index (χ0) is 21.4. The number of aliphatic hydroxyl groups is 1. The van der Waals surface area contributed by atoms with Crippen LogP contribution in [0.4, 0.5) is 32.0 Å². The minimum absolute atomic E-state index is 0.101. The highest BCUT2D eigenvalue weighted by atomic mass is 19.4. The van der Waals surface area contributed by atoms with Crippen molar-refractivity contribution in [3.8, 4) is 0 Å². The Balaban J connectivity index is 3.84. The first kappa shape index (κ1) is 23.1. The molecule has 4 N–H and O–H groups in total. The molecule has 27 heavy (non-hydrogen) atoms. The van der Waals surface area contributed by atoms with Crippen LogP contribution in [0, 0.1) is 0 Å². The topological polar surface area (TPSA) is 75.3 Å². The summed E-state index contributed by atoms with van der Waals surface area (Å²) in [6, 6.07) is 1.34. The van der Waals surface area contributed by atoms with Crippen molar-refractivity contribution in [2.45, 2.75) is 57.5 Å². The van der Waals surface area contributed by atoms with Gasteiger partial charge in [-0.15, -0.1) is 0 Å². The van der Waals surface area contributed by atoms with Crippen molar-refractivity contribution >= 4 is 11.6 Å². The van der Waals surface area contributed by atoms with Gasteiger partial charge in [0.1, 0.15) is 0 Å². The maximum absolute atomic E-state index is 13.3. The Morgan fingerprint density at radius 3 is 1.63 bits per heavy atom. The van der Waals surface area contributed by atoms with E-state index in [-0.39, 0.29) is 23.4 Å². The summed E-state index contributed by atoms with van der Waals surface area (Å²) in [6.07, 6.45) is -12.0. The van der Waals surface area contributed by atoms with Crippen molar-refractivity contribution < 1.29 is 36.2 Å². The molecule has 0 aliphatic heterocycles. The van der Waals surface area contributed by atoms with Crippen LogP contribution in [0.2, 0.25) is 0 Å². The molecular formula is C17H22F6N2O2. The van der Waals surface area contributed by atoms with E-state index in [4.69, 9.17) is 5.73 Å². The van der Waals surface area contributed by atoms with Crippen molar-refractivity contribution in [1.82, 2.24) is 0 Å². The number of hydrogen-bond donors (Lipinski definition) is 3. The van der Waals surface area contributed by atoms with Crippen LogP contribution in [0.15, 0.2) is 12.1 Å². The van der Waals surface area contributed by atoms with E-state index in [0.717, 1.165) is 0 Å². The summed E-state index contributed by atoms with van der Waals surface area (Å²) in [6.45, 7) is 5.93. The third-order valence-corrected chi connectivity index (χ3v) is 4.12. The van der Waals surface area contributed by atoms with E-state index in [0.29, 0.717) is 12.1 Å². The molecule has 0 atom stereocenters.